The van der Waals surface area contributed by atoms with E-state index in [9.17, 15) is 4.39 Å². The van der Waals surface area contributed by atoms with Crippen LogP contribution in [0.3, 0.4) is 0 Å². The largest absolute Gasteiger partial charge is 0.206 e. The van der Waals surface area contributed by atoms with Crippen LogP contribution in [0.15, 0.2) is 36.4 Å². The monoisotopic (exact) mass is 214 g/mol. The first-order chi connectivity index (χ1) is 7.59. The van der Waals surface area contributed by atoms with Gasteiger partial charge in [0.15, 0.2) is 0 Å². The van der Waals surface area contributed by atoms with Gasteiger partial charge >= 0.3 is 0 Å². The Morgan fingerprint density at radius 2 is 1.38 bits per heavy atom. The van der Waals surface area contributed by atoms with E-state index in [4.69, 9.17) is 0 Å². The van der Waals surface area contributed by atoms with Crippen LogP contribution in [0.1, 0.15) is 16.7 Å². The molecule has 82 valence electrons. The van der Waals surface area contributed by atoms with Crippen LogP contribution in [0.5, 0.6) is 0 Å². The topological polar surface area (TPSA) is 0 Å². The number of halogens is 1. The molecule has 0 fully saturated rings. The van der Waals surface area contributed by atoms with Crippen molar-refractivity contribution in [3.63, 3.8) is 0 Å². The van der Waals surface area contributed by atoms with Crippen molar-refractivity contribution in [3.05, 3.63) is 58.9 Å². The maximum Gasteiger partial charge on any atom is 0.131 e. The molecule has 0 saturated carbocycles. The third-order valence-corrected chi connectivity index (χ3v) is 3.02. The van der Waals surface area contributed by atoms with E-state index in [1.54, 1.807) is 6.07 Å². The molecule has 0 atom stereocenters. The predicted octanol–water partition coefficient (Wildman–Crippen LogP) is 4.42. The maximum absolute atomic E-state index is 13.9. The first kappa shape index (κ1) is 10.9. The molecule has 0 aliphatic heterocycles. The molecule has 2 aromatic carbocycles. The number of aryl methyl sites for hydroxylation is 3. The summed E-state index contributed by atoms with van der Waals surface area (Å²) in [7, 11) is 0. The highest BCUT2D eigenvalue weighted by Gasteiger charge is 2.08. The lowest BCUT2D eigenvalue weighted by atomic mass is 9.97. The number of benzene rings is 2. The summed E-state index contributed by atoms with van der Waals surface area (Å²) in [5.74, 6) is -0.141. The fourth-order valence-electron chi connectivity index (χ4n) is 1.86. The highest BCUT2D eigenvalue weighted by Crippen LogP contribution is 2.28. The van der Waals surface area contributed by atoms with E-state index < -0.39 is 0 Å². The van der Waals surface area contributed by atoms with Crippen molar-refractivity contribution in [2.75, 3.05) is 0 Å². The van der Waals surface area contributed by atoms with E-state index in [1.165, 1.54) is 0 Å². The molecule has 0 aliphatic carbocycles. The Kier molecular flexibility index (Phi) is 2.78. The summed E-state index contributed by atoms with van der Waals surface area (Å²) >= 11 is 0. The molecule has 2 rings (SSSR count). The molecule has 0 N–H and O–H groups in total. The van der Waals surface area contributed by atoms with E-state index in [-0.39, 0.29) is 5.82 Å². The summed E-state index contributed by atoms with van der Waals surface area (Å²) in [6, 6.07) is 11.4. The Bertz CT molecular complexity index is 527. The summed E-state index contributed by atoms with van der Waals surface area (Å²) in [5.41, 5.74) is 4.89. The zero-order valence-corrected chi connectivity index (χ0v) is 9.84. The van der Waals surface area contributed by atoms with Crippen molar-refractivity contribution in [2.45, 2.75) is 20.8 Å². The van der Waals surface area contributed by atoms with Crippen molar-refractivity contribution in [1.29, 1.82) is 0 Å². The minimum Gasteiger partial charge on any atom is -0.206 e. The van der Waals surface area contributed by atoms with Gasteiger partial charge in [-0.2, -0.15) is 0 Å². The third kappa shape index (κ3) is 1.85. The van der Waals surface area contributed by atoms with Gasteiger partial charge in [-0.1, -0.05) is 24.3 Å². The van der Waals surface area contributed by atoms with Gasteiger partial charge in [0.2, 0.25) is 0 Å². The first-order valence-electron chi connectivity index (χ1n) is 5.42. The molecule has 0 bridgehead atoms. The van der Waals surface area contributed by atoms with Gasteiger partial charge in [-0.15, -0.1) is 0 Å². The van der Waals surface area contributed by atoms with Crippen LogP contribution in [0.4, 0.5) is 4.39 Å². The van der Waals surface area contributed by atoms with Gasteiger partial charge in [0.05, 0.1) is 0 Å². The van der Waals surface area contributed by atoms with E-state index in [1.807, 2.05) is 51.1 Å². The second-order valence-electron chi connectivity index (χ2n) is 4.23. The van der Waals surface area contributed by atoms with E-state index >= 15 is 0 Å². The molecular weight excluding hydrogens is 199 g/mol. The minimum absolute atomic E-state index is 0.141. The van der Waals surface area contributed by atoms with Gasteiger partial charge in [0, 0.05) is 5.56 Å². The quantitative estimate of drug-likeness (QED) is 0.659. The van der Waals surface area contributed by atoms with Crippen molar-refractivity contribution in [3.8, 4) is 11.1 Å². The average Bonchev–Trinajstić information content (AvgIpc) is 2.25. The Morgan fingerprint density at radius 1 is 0.750 bits per heavy atom. The van der Waals surface area contributed by atoms with Crippen LogP contribution in [0.2, 0.25) is 0 Å². The van der Waals surface area contributed by atoms with Crippen LogP contribution in [-0.4, -0.2) is 0 Å². The van der Waals surface area contributed by atoms with Gasteiger partial charge < -0.3 is 0 Å². The standard InChI is InChI=1S/C15H15F/c1-10-6-4-5-7-13(10)14-8-11(2)12(3)9-15(14)16/h4-9H,1-3H3. The Morgan fingerprint density at radius 3 is 2.06 bits per heavy atom. The Labute approximate surface area is 95.7 Å². The van der Waals surface area contributed by atoms with Crippen LogP contribution in [-0.2, 0) is 0 Å². The van der Waals surface area contributed by atoms with Crippen molar-refractivity contribution < 1.29 is 4.39 Å². The highest BCUT2D eigenvalue weighted by molar-refractivity contribution is 5.68. The van der Waals surface area contributed by atoms with E-state index in [0.29, 0.717) is 5.56 Å². The van der Waals surface area contributed by atoms with Crippen LogP contribution in [0.25, 0.3) is 11.1 Å². The van der Waals surface area contributed by atoms with Gasteiger partial charge in [0.25, 0.3) is 0 Å². The average molecular weight is 214 g/mol. The van der Waals surface area contributed by atoms with E-state index in [2.05, 4.69) is 0 Å². The van der Waals surface area contributed by atoms with Gasteiger partial charge in [-0.3, -0.25) is 0 Å². The molecule has 0 nitrogen and oxygen atoms in total. The lowest BCUT2D eigenvalue weighted by molar-refractivity contribution is 0.629. The Balaban J connectivity index is 2.65. The van der Waals surface area contributed by atoms with Crippen molar-refractivity contribution in [2.24, 2.45) is 0 Å². The summed E-state index contributed by atoms with van der Waals surface area (Å²) in [6.07, 6.45) is 0. The minimum atomic E-state index is -0.141. The SMILES string of the molecule is Cc1cc(F)c(-c2ccccc2C)cc1C. The third-order valence-electron chi connectivity index (χ3n) is 3.02. The fraction of sp³-hybridized carbons (Fsp3) is 0.200. The van der Waals surface area contributed by atoms with Gasteiger partial charge in [-0.05, 0) is 55.2 Å². The second kappa shape index (κ2) is 4.09. The molecule has 0 spiro atoms. The highest BCUT2D eigenvalue weighted by atomic mass is 19.1. The zero-order chi connectivity index (χ0) is 11.7. The molecule has 2 aromatic rings. The van der Waals surface area contributed by atoms with Crippen LogP contribution < -0.4 is 0 Å². The molecule has 0 saturated heterocycles. The molecule has 1 heteroatoms. The second-order valence-corrected chi connectivity index (χ2v) is 4.23. The maximum atomic E-state index is 13.9. The number of hydrogen-bond donors (Lipinski definition) is 0. The Hall–Kier alpha value is -1.63. The lowest BCUT2D eigenvalue weighted by Crippen LogP contribution is -1.91. The summed E-state index contributed by atoms with van der Waals surface area (Å²) in [6.45, 7) is 5.94. The normalized spacial score (nSPS) is 10.5. The molecular formula is C15H15F. The number of hydrogen-bond acceptors (Lipinski definition) is 0. The lowest BCUT2D eigenvalue weighted by Gasteiger charge is -2.09. The van der Waals surface area contributed by atoms with Crippen LogP contribution in [0, 0.1) is 26.6 Å². The summed E-state index contributed by atoms with van der Waals surface area (Å²) in [5, 5.41) is 0. The summed E-state index contributed by atoms with van der Waals surface area (Å²) < 4.78 is 13.9. The molecule has 0 radical (unpaired) electrons. The smallest absolute Gasteiger partial charge is 0.131 e. The van der Waals surface area contributed by atoms with E-state index in [0.717, 1.165) is 22.3 Å². The fourth-order valence-corrected chi connectivity index (χ4v) is 1.86. The van der Waals surface area contributed by atoms with Crippen molar-refractivity contribution in [1.82, 2.24) is 0 Å². The molecule has 16 heavy (non-hydrogen) atoms. The molecule has 0 heterocycles. The molecule has 0 amide bonds. The zero-order valence-electron chi connectivity index (χ0n) is 9.84. The number of rotatable bonds is 1. The molecule has 0 aromatic heterocycles. The van der Waals surface area contributed by atoms with Crippen LogP contribution >= 0.6 is 0 Å². The molecule has 0 aliphatic rings. The van der Waals surface area contributed by atoms with Crippen molar-refractivity contribution >= 4 is 0 Å². The van der Waals surface area contributed by atoms with Gasteiger partial charge in [-0.25, -0.2) is 4.39 Å². The van der Waals surface area contributed by atoms with Gasteiger partial charge in [0.1, 0.15) is 5.82 Å². The summed E-state index contributed by atoms with van der Waals surface area (Å²) in [4.78, 5) is 0. The first-order valence-corrected chi connectivity index (χ1v) is 5.42. The molecule has 0 unspecified atom stereocenters. The predicted molar refractivity (Wildman–Crippen MR) is 66.0 cm³/mol.